The minimum atomic E-state index is -0.132. The van der Waals surface area contributed by atoms with Crippen molar-refractivity contribution in [2.75, 3.05) is 0 Å². The lowest BCUT2D eigenvalue weighted by atomic mass is 9.81. The molecule has 1 aliphatic carbocycles. The van der Waals surface area contributed by atoms with Gasteiger partial charge < -0.3 is 0 Å². The highest BCUT2D eigenvalue weighted by Gasteiger charge is 2.35. The minimum absolute atomic E-state index is 0.132. The van der Waals surface area contributed by atoms with Crippen LogP contribution in [0.1, 0.15) is 30.5 Å². The van der Waals surface area contributed by atoms with E-state index in [1.54, 1.807) is 6.20 Å². The Balaban J connectivity index is 1.89. The molecule has 4 rings (SSSR count). The average molecular weight is 331 g/mol. The molecule has 3 heteroatoms. The number of benzene rings is 2. The standard InChI is InChI=1S/C21H15ClN2/c1-21(2)18-9-13(11-23)3-6-16(18)17-7-4-14(10-19(17)21)15-5-8-20(22)24-12-15/h3-10,12H,1-2H3. The summed E-state index contributed by atoms with van der Waals surface area (Å²) in [7, 11) is 0. The normalized spacial score (nSPS) is 13.9. The lowest BCUT2D eigenvalue weighted by molar-refractivity contribution is 0.660. The summed E-state index contributed by atoms with van der Waals surface area (Å²) in [5.74, 6) is 0. The molecule has 0 saturated carbocycles. The Kier molecular flexibility index (Phi) is 3.23. The molecule has 1 aliphatic rings. The van der Waals surface area contributed by atoms with Gasteiger partial charge in [0.25, 0.3) is 0 Å². The van der Waals surface area contributed by atoms with Crippen LogP contribution >= 0.6 is 11.6 Å². The van der Waals surface area contributed by atoms with Crippen LogP contribution < -0.4 is 0 Å². The second kappa shape index (κ2) is 5.19. The molecular weight excluding hydrogens is 316 g/mol. The molecule has 0 fully saturated rings. The monoisotopic (exact) mass is 330 g/mol. The maximum Gasteiger partial charge on any atom is 0.129 e. The summed E-state index contributed by atoms with van der Waals surface area (Å²) < 4.78 is 0. The van der Waals surface area contributed by atoms with Gasteiger partial charge in [-0.1, -0.05) is 43.6 Å². The highest BCUT2D eigenvalue weighted by atomic mass is 35.5. The van der Waals surface area contributed by atoms with Crippen LogP contribution in [0.5, 0.6) is 0 Å². The van der Waals surface area contributed by atoms with Gasteiger partial charge in [-0.3, -0.25) is 0 Å². The van der Waals surface area contributed by atoms with Crippen molar-refractivity contribution in [3.63, 3.8) is 0 Å². The molecule has 2 nitrogen and oxygen atoms in total. The van der Waals surface area contributed by atoms with E-state index in [4.69, 9.17) is 11.6 Å². The molecule has 3 aromatic rings. The second-order valence-electron chi connectivity index (χ2n) is 6.63. The number of fused-ring (bicyclic) bond motifs is 3. The van der Waals surface area contributed by atoms with Crippen LogP contribution in [0.4, 0.5) is 0 Å². The summed E-state index contributed by atoms with van der Waals surface area (Å²) in [4.78, 5) is 4.18. The molecule has 0 spiro atoms. The number of rotatable bonds is 1. The van der Waals surface area contributed by atoms with E-state index in [1.807, 2.05) is 24.3 Å². The third kappa shape index (κ3) is 2.13. The molecule has 0 atom stereocenters. The third-order valence-electron chi connectivity index (χ3n) is 4.87. The second-order valence-corrected chi connectivity index (χ2v) is 7.01. The van der Waals surface area contributed by atoms with E-state index in [-0.39, 0.29) is 5.41 Å². The first-order valence-corrected chi connectivity index (χ1v) is 8.20. The highest BCUT2D eigenvalue weighted by molar-refractivity contribution is 6.29. The van der Waals surface area contributed by atoms with Gasteiger partial charge in [0.15, 0.2) is 0 Å². The summed E-state index contributed by atoms with van der Waals surface area (Å²) in [5.41, 5.74) is 7.69. The van der Waals surface area contributed by atoms with Crippen LogP contribution in [0.2, 0.25) is 5.15 Å². The maximum absolute atomic E-state index is 9.20. The molecule has 1 heterocycles. The molecule has 0 saturated heterocycles. The predicted octanol–water partition coefficient (Wildman–Crippen LogP) is 5.58. The van der Waals surface area contributed by atoms with Crippen molar-refractivity contribution < 1.29 is 0 Å². The molecule has 0 bridgehead atoms. The Hall–Kier alpha value is -2.63. The molecule has 0 amide bonds. The van der Waals surface area contributed by atoms with Crippen LogP contribution in [0.25, 0.3) is 22.3 Å². The largest absolute Gasteiger partial charge is 0.244 e. The van der Waals surface area contributed by atoms with E-state index in [0.717, 1.165) is 11.1 Å². The zero-order valence-electron chi connectivity index (χ0n) is 13.5. The van der Waals surface area contributed by atoms with E-state index < -0.39 is 0 Å². The zero-order chi connectivity index (χ0) is 16.9. The Bertz CT molecular complexity index is 995. The van der Waals surface area contributed by atoms with Gasteiger partial charge in [-0.15, -0.1) is 0 Å². The van der Waals surface area contributed by atoms with E-state index in [1.165, 1.54) is 22.3 Å². The topological polar surface area (TPSA) is 36.7 Å². The van der Waals surface area contributed by atoms with Gasteiger partial charge in [0.2, 0.25) is 0 Å². The van der Waals surface area contributed by atoms with E-state index in [0.29, 0.717) is 10.7 Å². The Labute approximate surface area is 146 Å². The Morgan fingerprint density at radius 1 is 0.917 bits per heavy atom. The number of halogens is 1. The third-order valence-corrected chi connectivity index (χ3v) is 5.09. The minimum Gasteiger partial charge on any atom is -0.244 e. The quantitative estimate of drug-likeness (QED) is 0.546. The molecule has 24 heavy (non-hydrogen) atoms. The SMILES string of the molecule is CC1(C)c2cc(C#N)ccc2-c2ccc(-c3ccc(Cl)nc3)cc21. The van der Waals surface area contributed by atoms with Gasteiger partial charge in [0, 0.05) is 17.2 Å². The number of nitriles is 1. The molecule has 1 aromatic heterocycles. The lowest BCUT2D eigenvalue weighted by Gasteiger charge is -2.22. The summed E-state index contributed by atoms with van der Waals surface area (Å²) in [6.45, 7) is 4.42. The van der Waals surface area contributed by atoms with Crippen molar-refractivity contribution in [2.45, 2.75) is 19.3 Å². The number of hydrogen-bond donors (Lipinski definition) is 0. The van der Waals surface area contributed by atoms with Crippen molar-refractivity contribution in [1.82, 2.24) is 4.98 Å². The fraction of sp³-hybridized carbons (Fsp3) is 0.143. The summed E-state index contributed by atoms with van der Waals surface area (Å²) in [6.07, 6.45) is 1.80. The highest BCUT2D eigenvalue weighted by Crippen LogP contribution is 2.49. The number of nitrogens with zero attached hydrogens (tertiary/aromatic N) is 2. The molecule has 116 valence electrons. The van der Waals surface area contributed by atoms with Crippen molar-refractivity contribution >= 4 is 11.6 Å². The lowest BCUT2D eigenvalue weighted by Crippen LogP contribution is -2.15. The smallest absolute Gasteiger partial charge is 0.129 e. The fourth-order valence-corrected chi connectivity index (χ4v) is 3.64. The van der Waals surface area contributed by atoms with Gasteiger partial charge >= 0.3 is 0 Å². The van der Waals surface area contributed by atoms with Gasteiger partial charge in [-0.2, -0.15) is 5.26 Å². The van der Waals surface area contributed by atoms with Crippen LogP contribution in [0.3, 0.4) is 0 Å². The number of aromatic nitrogens is 1. The number of pyridine rings is 1. The number of hydrogen-bond acceptors (Lipinski definition) is 2. The molecule has 0 radical (unpaired) electrons. The Morgan fingerprint density at radius 2 is 1.58 bits per heavy atom. The van der Waals surface area contributed by atoms with Crippen molar-refractivity contribution in [3.8, 4) is 28.3 Å². The van der Waals surface area contributed by atoms with Gasteiger partial charge in [-0.25, -0.2) is 4.98 Å². The summed E-state index contributed by atoms with van der Waals surface area (Å²) >= 11 is 5.89. The first kappa shape index (κ1) is 14.9. The molecule has 0 unspecified atom stereocenters. The van der Waals surface area contributed by atoms with E-state index in [9.17, 15) is 5.26 Å². The van der Waals surface area contributed by atoms with Gasteiger partial charge in [-0.05, 0) is 58.1 Å². The van der Waals surface area contributed by atoms with Gasteiger partial charge in [0.05, 0.1) is 11.6 Å². The van der Waals surface area contributed by atoms with Crippen LogP contribution in [0, 0.1) is 11.3 Å². The summed E-state index contributed by atoms with van der Waals surface area (Å²) in [5, 5.41) is 9.70. The zero-order valence-corrected chi connectivity index (χ0v) is 14.2. The van der Waals surface area contributed by atoms with Crippen molar-refractivity contribution in [1.29, 1.82) is 5.26 Å². The predicted molar refractivity (Wildman–Crippen MR) is 97.0 cm³/mol. The van der Waals surface area contributed by atoms with Gasteiger partial charge in [0.1, 0.15) is 5.15 Å². The molecule has 0 N–H and O–H groups in total. The maximum atomic E-state index is 9.20. The first-order chi connectivity index (χ1) is 11.5. The molecular formula is C21H15ClN2. The first-order valence-electron chi connectivity index (χ1n) is 7.82. The van der Waals surface area contributed by atoms with Crippen LogP contribution in [-0.4, -0.2) is 4.98 Å². The van der Waals surface area contributed by atoms with Crippen molar-refractivity contribution in [2.24, 2.45) is 0 Å². The van der Waals surface area contributed by atoms with Crippen LogP contribution in [-0.2, 0) is 5.41 Å². The molecule has 0 aliphatic heterocycles. The van der Waals surface area contributed by atoms with Crippen LogP contribution in [0.15, 0.2) is 54.7 Å². The summed E-state index contributed by atoms with van der Waals surface area (Å²) in [6, 6.07) is 18.5. The van der Waals surface area contributed by atoms with E-state index in [2.05, 4.69) is 49.2 Å². The fourth-order valence-electron chi connectivity index (χ4n) is 3.53. The average Bonchev–Trinajstić information content (AvgIpc) is 2.82. The van der Waals surface area contributed by atoms with E-state index >= 15 is 0 Å². The van der Waals surface area contributed by atoms with Crippen molar-refractivity contribution in [3.05, 3.63) is 76.6 Å². The Morgan fingerprint density at radius 3 is 2.25 bits per heavy atom. The molecule has 2 aromatic carbocycles.